The minimum atomic E-state index is -4.89. The molecule has 2 aromatic rings. The summed E-state index contributed by atoms with van der Waals surface area (Å²) in [6, 6.07) is 4.56. The van der Waals surface area contributed by atoms with E-state index >= 15 is 0 Å². The summed E-state index contributed by atoms with van der Waals surface area (Å²) in [5, 5.41) is 3.35. The zero-order valence-corrected chi connectivity index (χ0v) is 11.5. The van der Waals surface area contributed by atoms with E-state index in [-0.39, 0.29) is 23.6 Å². The molecule has 0 N–H and O–H groups in total. The number of hydrogen-bond donors (Lipinski definition) is 0. The molecule has 9 heteroatoms. The fourth-order valence-corrected chi connectivity index (χ4v) is 1.82. The first-order valence-corrected chi connectivity index (χ1v) is 6.13. The van der Waals surface area contributed by atoms with Crippen molar-refractivity contribution in [1.29, 1.82) is 0 Å². The van der Waals surface area contributed by atoms with E-state index in [9.17, 15) is 22.0 Å². The molecule has 0 aliphatic rings. The van der Waals surface area contributed by atoms with Gasteiger partial charge in [0.1, 0.15) is 5.75 Å². The molecular formula is C14H8F5N3O. The van der Waals surface area contributed by atoms with Gasteiger partial charge < -0.3 is 4.74 Å². The number of azide groups is 1. The molecule has 2 aromatic carbocycles. The van der Waals surface area contributed by atoms with E-state index in [2.05, 4.69) is 10.0 Å². The summed E-state index contributed by atoms with van der Waals surface area (Å²) in [6.45, 7) is 1.57. The van der Waals surface area contributed by atoms with E-state index in [1.54, 1.807) is 13.0 Å². The van der Waals surface area contributed by atoms with Gasteiger partial charge in [-0.1, -0.05) is 17.2 Å². The highest BCUT2D eigenvalue weighted by atomic mass is 19.4. The number of halogens is 5. The van der Waals surface area contributed by atoms with Crippen LogP contribution < -0.4 is 4.74 Å². The molecule has 0 spiro atoms. The second kappa shape index (κ2) is 6.13. The first kappa shape index (κ1) is 16.6. The van der Waals surface area contributed by atoms with Crippen LogP contribution >= 0.6 is 0 Å². The highest BCUT2D eigenvalue weighted by Crippen LogP contribution is 2.39. The minimum Gasteiger partial charge on any atom is -0.451 e. The Kier molecular flexibility index (Phi) is 4.42. The lowest BCUT2D eigenvalue weighted by molar-refractivity contribution is -0.138. The van der Waals surface area contributed by atoms with Crippen molar-refractivity contribution < 1.29 is 26.7 Å². The lowest BCUT2D eigenvalue weighted by Gasteiger charge is -2.13. The number of aryl methyl sites for hydroxylation is 1. The normalized spacial score (nSPS) is 11.0. The summed E-state index contributed by atoms with van der Waals surface area (Å²) in [7, 11) is 0. The summed E-state index contributed by atoms with van der Waals surface area (Å²) in [4.78, 5) is 2.57. The molecule has 0 saturated carbocycles. The Morgan fingerprint density at radius 3 is 2.26 bits per heavy atom. The topological polar surface area (TPSA) is 58.0 Å². The van der Waals surface area contributed by atoms with Gasteiger partial charge in [-0.2, -0.15) is 13.2 Å². The molecule has 0 atom stereocenters. The van der Waals surface area contributed by atoms with Gasteiger partial charge in [-0.05, 0) is 36.2 Å². The average Bonchev–Trinajstić information content (AvgIpc) is 2.45. The first-order chi connectivity index (χ1) is 10.7. The molecule has 0 amide bonds. The van der Waals surface area contributed by atoms with Crippen LogP contribution in [-0.2, 0) is 6.18 Å². The third-order valence-electron chi connectivity index (χ3n) is 2.88. The molecule has 4 nitrogen and oxygen atoms in total. The summed E-state index contributed by atoms with van der Waals surface area (Å²) in [6.07, 6.45) is -4.89. The van der Waals surface area contributed by atoms with Crippen molar-refractivity contribution in [3.63, 3.8) is 0 Å². The standard InChI is InChI=1S/C14H8F5N3O/c1-7-3-2-4-11(12(7)21-22-20)23-13-9(15)5-8(6-10(13)16)14(17,18)19/h2-6H,1H3. The number of rotatable bonds is 3. The second-order valence-corrected chi connectivity index (χ2v) is 4.48. The maximum absolute atomic E-state index is 13.8. The Morgan fingerprint density at radius 1 is 1.13 bits per heavy atom. The van der Waals surface area contributed by atoms with Gasteiger partial charge in [0.15, 0.2) is 17.4 Å². The van der Waals surface area contributed by atoms with Crippen molar-refractivity contribution in [3.8, 4) is 11.5 Å². The summed E-state index contributed by atoms with van der Waals surface area (Å²) in [5.41, 5.74) is 7.47. The summed E-state index contributed by atoms with van der Waals surface area (Å²) < 4.78 is 70.0. The monoisotopic (exact) mass is 329 g/mol. The SMILES string of the molecule is Cc1cccc(Oc2c(F)cc(C(F)(F)F)cc2F)c1N=[N+]=[N-]. The molecule has 0 aromatic heterocycles. The largest absolute Gasteiger partial charge is 0.451 e. The van der Waals surface area contributed by atoms with Crippen LogP contribution in [0.15, 0.2) is 35.4 Å². The molecule has 2 rings (SSSR count). The summed E-state index contributed by atoms with van der Waals surface area (Å²) in [5.74, 6) is -4.24. The molecule has 0 fully saturated rings. The van der Waals surface area contributed by atoms with Gasteiger partial charge in [0.25, 0.3) is 0 Å². The van der Waals surface area contributed by atoms with Crippen molar-refractivity contribution in [1.82, 2.24) is 0 Å². The molecule has 0 heterocycles. The van der Waals surface area contributed by atoms with Gasteiger partial charge >= 0.3 is 6.18 Å². The van der Waals surface area contributed by atoms with Crippen LogP contribution in [-0.4, -0.2) is 0 Å². The van der Waals surface area contributed by atoms with Gasteiger partial charge in [-0.15, -0.1) is 0 Å². The van der Waals surface area contributed by atoms with Crippen molar-refractivity contribution in [2.75, 3.05) is 0 Å². The Bertz CT molecular complexity index is 774. The fourth-order valence-electron chi connectivity index (χ4n) is 1.82. The van der Waals surface area contributed by atoms with E-state index in [0.29, 0.717) is 5.56 Å². The predicted octanol–water partition coefficient (Wildman–Crippen LogP) is 6.03. The third kappa shape index (κ3) is 3.51. The molecule has 23 heavy (non-hydrogen) atoms. The van der Waals surface area contributed by atoms with E-state index in [0.717, 1.165) is 0 Å². The maximum atomic E-state index is 13.8. The maximum Gasteiger partial charge on any atom is 0.416 e. The Balaban J connectivity index is 2.50. The van der Waals surface area contributed by atoms with E-state index < -0.39 is 29.1 Å². The van der Waals surface area contributed by atoms with Gasteiger partial charge in [-0.3, -0.25) is 0 Å². The molecule has 0 saturated heterocycles. The van der Waals surface area contributed by atoms with Crippen molar-refractivity contribution in [2.45, 2.75) is 13.1 Å². The first-order valence-electron chi connectivity index (χ1n) is 6.13. The van der Waals surface area contributed by atoms with E-state index in [1.807, 2.05) is 0 Å². The fraction of sp³-hybridized carbons (Fsp3) is 0.143. The van der Waals surface area contributed by atoms with Crippen LogP contribution in [0.25, 0.3) is 10.4 Å². The van der Waals surface area contributed by atoms with Gasteiger partial charge in [0.05, 0.1) is 11.3 Å². The number of benzene rings is 2. The Labute approximate surface area is 126 Å². The smallest absolute Gasteiger partial charge is 0.416 e. The predicted molar refractivity (Wildman–Crippen MR) is 71.4 cm³/mol. The molecule has 0 aliphatic heterocycles. The summed E-state index contributed by atoms with van der Waals surface area (Å²) >= 11 is 0. The molecule has 0 unspecified atom stereocenters. The molecule has 0 radical (unpaired) electrons. The quantitative estimate of drug-likeness (QED) is 0.294. The van der Waals surface area contributed by atoms with Crippen molar-refractivity contribution in [3.05, 3.63) is 63.5 Å². The van der Waals surface area contributed by atoms with Crippen LogP contribution in [0.1, 0.15) is 11.1 Å². The van der Waals surface area contributed by atoms with Crippen LogP contribution in [0.3, 0.4) is 0 Å². The van der Waals surface area contributed by atoms with Gasteiger partial charge in [0.2, 0.25) is 0 Å². The lowest BCUT2D eigenvalue weighted by atomic mass is 10.1. The third-order valence-corrected chi connectivity index (χ3v) is 2.88. The zero-order valence-electron chi connectivity index (χ0n) is 11.5. The molecule has 0 aliphatic carbocycles. The van der Waals surface area contributed by atoms with Crippen molar-refractivity contribution in [2.24, 2.45) is 5.11 Å². The highest BCUT2D eigenvalue weighted by Gasteiger charge is 2.33. The minimum absolute atomic E-state index is 0.0197. The zero-order chi connectivity index (χ0) is 17.2. The second-order valence-electron chi connectivity index (χ2n) is 4.48. The van der Waals surface area contributed by atoms with E-state index in [4.69, 9.17) is 10.3 Å². The van der Waals surface area contributed by atoms with Crippen LogP contribution in [0.4, 0.5) is 27.6 Å². The Morgan fingerprint density at radius 2 is 1.74 bits per heavy atom. The van der Waals surface area contributed by atoms with Crippen LogP contribution in [0, 0.1) is 18.6 Å². The number of ether oxygens (including phenoxy) is 1. The molecular weight excluding hydrogens is 321 g/mol. The van der Waals surface area contributed by atoms with E-state index in [1.165, 1.54) is 12.1 Å². The van der Waals surface area contributed by atoms with Crippen LogP contribution in [0.5, 0.6) is 11.5 Å². The average molecular weight is 329 g/mol. The number of alkyl halides is 3. The Hall–Kier alpha value is -2.80. The van der Waals surface area contributed by atoms with Gasteiger partial charge in [-0.25, -0.2) is 8.78 Å². The molecule has 0 bridgehead atoms. The highest BCUT2D eigenvalue weighted by molar-refractivity contribution is 5.58. The van der Waals surface area contributed by atoms with Crippen LogP contribution in [0.2, 0.25) is 0 Å². The van der Waals surface area contributed by atoms with Gasteiger partial charge in [0, 0.05) is 4.91 Å². The van der Waals surface area contributed by atoms with Crippen molar-refractivity contribution >= 4 is 5.69 Å². The number of hydrogen-bond acceptors (Lipinski definition) is 2. The molecule has 120 valence electrons. The lowest BCUT2D eigenvalue weighted by Crippen LogP contribution is -2.07. The number of nitrogens with zero attached hydrogens (tertiary/aromatic N) is 3.